The first kappa shape index (κ1) is 13.5. The van der Waals surface area contributed by atoms with Crippen LogP contribution in [0, 0.1) is 0 Å². The van der Waals surface area contributed by atoms with Gasteiger partial charge in [0.25, 0.3) is 0 Å². The zero-order valence-electron chi connectivity index (χ0n) is 11.7. The highest BCUT2D eigenvalue weighted by Gasteiger charge is 2.13. The Bertz CT molecular complexity index is 624. The minimum absolute atomic E-state index is 0.0760. The zero-order valence-corrected chi connectivity index (χ0v) is 11.7. The summed E-state index contributed by atoms with van der Waals surface area (Å²) >= 11 is 0. The van der Waals surface area contributed by atoms with Crippen LogP contribution < -0.4 is 0 Å². The molecule has 2 heteroatoms. The number of carbonyl (C=O) groups is 1. The van der Waals surface area contributed by atoms with Crippen molar-refractivity contribution in [1.29, 1.82) is 0 Å². The summed E-state index contributed by atoms with van der Waals surface area (Å²) in [6.07, 6.45) is 2.63. The van der Waals surface area contributed by atoms with Gasteiger partial charge in [0.1, 0.15) is 5.78 Å². The molecule has 0 aliphatic carbocycles. The number of benzene rings is 1. The van der Waals surface area contributed by atoms with Crippen molar-refractivity contribution < 1.29 is 4.79 Å². The van der Waals surface area contributed by atoms with Crippen LogP contribution >= 0.6 is 0 Å². The van der Waals surface area contributed by atoms with Gasteiger partial charge in [0.15, 0.2) is 0 Å². The molecular formula is C17H19NO. The highest BCUT2D eigenvalue weighted by atomic mass is 16.1. The molecule has 1 atom stereocenters. The van der Waals surface area contributed by atoms with Gasteiger partial charge in [-0.15, -0.1) is 0 Å². The molecule has 1 aromatic carbocycles. The number of pyridine rings is 1. The number of hydrogen-bond acceptors (Lipinski definition) is 2. The average molecular weight is 253 g/mol. The predicted molar refractivity (Wildman–Crippen MR) is 79.2 cm³/mol. The van der Waals surface area contributed by atoms with Crippen LogP contribution in [0.1, 0.15) is 38.8 Å². The molecule has 0 aliphatic heterocycles. The summed E-state index contributed by atoms with van der Waals surface area (Å²) in [5, 5.41) is 1.13. The van der Waals surface area contributed by atoms with E-state index in [4.69, 9.17) is 0 Å². The van der Waals surface area contributed by atoms with E-state index in [1.54, 1.807) is 6.92 Å². The molecule has 0 fully saturated rings. The van der Waals surface area contributed by atoms with Crippen LogP contribution in [-0.2, 0) is 4.79 Å². The van der Waals surface area contributed by atoms with Gasteiger partial charge in [0.05, 0.1) is 5.52 Å². The molecule has 0 saturated carbocycles. The van der Waals surface area contributed by atoms with Crippen LogP contribution in [0.25, 0.3) is 10.9 Å². The maximum absolute atomic E-state index is 11.4. The van der Waals surface area contributed by atoms with E-state index in [2.05, 4.69) is 17.1 Å². The number of Topliss-reactive ketones (excluding diaryl/α,β-unsaturated/α-hetero) is 1. The standard InChI is InChI=1S/C17H19NO/c1-12(2)10-15(11-13(3)19)17-9-8-14-6-4-5-7-16(14)18-17/h4-10,15H,11H2,1-3H3/t15-/m1/s1. The van der Waals surface area contributed by atoms with Crippen LogP contribution in [0.4, 0.5) is 0 Å². The van der Waals surface area contributed by atoms with Gasteiger partial charge >= 0.3 is 0 Å². The van der Waals surface area contributed by atoms with E-state index in [1.807, 2.05) is 44.2 Å². The minimum atomic E-state index is 0.0760. The lowest BCUT2D eigenvalue weighted by Crippen LogP contribution is -2.04. The summed E-state index contributed by atoms with van der Waals surface area (Å²) in [7, 11) is 0. The van der Waals surface area contributed by atoms with Crippen molar-refractivity contribution in [2.75, 3.05) is 0 Å². The molecule has 1 heterocycles. The summed E-state index contributed by atoms with van der Waals surface area (Å²) < 4.78 is 0. The van der Waals surface area contributed by atoms with E-state index in [1.165, 1.54) is 5.57 Å². The smallest absolute Gasteiger partial charge is 0.130 e. The minimum Gasteiger partial charge on any atom is -0.300 e. The molecular weight excluding hydrogens is 234 g/mol. The number of para-hydroxylation sites is 1. The van der Waals surface area contributed by atoms with Crippen LogP contribution in [0.3, 0.4) is 0 Å². The van der Waals surface area contributed by atoms with Crippen LogP contribution in [0.2, 0.25) is 0 Å². The van der Waals surface area contributed by atoms with Crippen molar-refractivity contribution in [1.82, 2.24) is 4.98 Å². The molecule has 2 rings (SSSR count). The number of fused-ring (bicyclic) bond motifs is 1. The summed E-state index contributed by atoms with van der Waals surface area (Å²) in [5.74, 6) is 0.268. The quantitative estimate of drug-likeness (QED) is 0.762. The summed E-state index contributed by atoms with van der Waals surface area (Å²) in [4.78, 5) is 16.1. The van der Waals surface area contributed by atoms with Gasteiger partial charge < -0.3 is 0 Å². The maximum atomic E-state index is 11.4. The Morgan fingerprint density at radius 3 is 2.58 bits per heavy atom. The van der Waals surface area contributed by atoms with Crippen LogP contribution in [0.15, 0.2) is 48.0 Å². The lowest BCUT2D eigenvalue weighted by Gasteiger charge is -2.12. The molecule has 0 amide bonds. The van der Waals surface area contributed by atoms with Crippen LogP contribution in [-0.4, -0.2) is 10.8 Å². The van der Waals surface area contributed by atoms with E-state index < -0.39 is 0 Å². The van der Waals surface area contributed by atoms with Crippen molar-refractivity contribution >= 4 is 16.7 Å². The number of aromatic nitrogens is 1. The Labute approximate surface area is 114 Å². The Balaban J connectivity index is 2.43. The first-order valence-corrected chi connectivity index (χ1v) is 6.56. The Kier molecular flexibility index (Phi) is 4.10. The molecule has 0 radical (unpaired) electrons. The normalized spacial score (nSPS) is 12.2. The highest BCUT2D eigenvalue weighted by molar-refractivity contribution is 5.79. The Morgan fingerprint density at radius 1 is 1.16 bits per heavy atom. The van der Waals surface area contributed by atoms with Crippen molar-refractivity contribution in [3.8, 4) is 0 Å². The fraction of sp³-hybridized carbons (Fsp3) is 0.294. The molecule has 98 valence electrons. The second-order valence-corrected chi connectivity index (χ2v) is 5.19. The zero-order chi connectivity index (χ0) is 13.8. The molecule has 2 nitrogen and oxygen atoms in total. The molecule has 2 aromatic rings. The van der Waals surface area contributed by atoms with E-state index in [0.717, 1.165) is 16.6 Å². The average Bonchev–Trinajstić information content (AvgIpc) is 2.36. The van der Waals surface area contributed by atoms with Gasteiger partial charge in [0, 0.05) is 23.4 Å². The summed E-state index contributed by atoms with van der Waals surface area (Å²) in [6.45, 7) is 5.73. The van der Waals surface area contributed by atoms with Crippen molar-refractivity contribution in [2.45, 2.75) is 33.1 Å². The number of ketones is 1. The fourth-order valence-electron chi connectivity index (χ4n) is 2.25. The fourth-order valence-corrected chi connectivity index (χ4v) is 2.25. The predicted octanol–water partition coefficient (Wildman–Crippen LogP) is 4.26. The third-order valence-corrected chi connectivity index (χ3v) is 3.04. The van der Waals surface area contributed by atoms with Crippen molar-refractivity contribution in [2.24, 2.45) is 0 Å². The van der Waals surface area contributed by atoms with E-state index in [0.29, 0.717) is 6.42 Å². The van der Waals surface area contributed by atoms with Crippen molar-refractivity contribution in [3.05, 3.63) is 53.7 Å². The number of carbonyl (C=O) groups excluding carboxylic acids is 1. The first-order chi connectivity index (χ1) is 9.06. The molecule has 0 spiro atoms. The van der Waals surface area contributed by atoms with Gasteiger partial charge in [-0.05, 0) is 32.9 Å². The van der Waals surface area contributed by atoms with Crippen molar-refractivity contribution in [3.63, 3.8) is 0 Å². The largest absolute Gasteiger partial charge is 0.300 e. The van der Waals surface area contributed by atoms with Gasteiger partial charge in [-0.3, -0.25) is 9.78 Å². The van der Waals surface area contributed by atoms with Gasteiger partial charge in [0.2, 0.25) is 0 Å². The summed E-state index contributed by atoms with van der Waals surface area (Å²) in [6, 6.07) is 12.1. The molecule has 0 bridgehead atoms. The molecule has 0 N–H and O–H groups in total. The third kappa shape index (κ3) is 3.50. The van der Waals surface area contributed by atoms with Crippen LogP contribution in [0.5, 0.6) is 0 Å². The number of nitrogens with zero attached hydrogens (tertiary/aromatic N) is 1. The third-order valence-electron chi connectivity index (χ3n) is 3.04. The number of allylic oxidation sites excluding steroid dienone is 2. The molecule has 19 heavy (non-hydrogen) atoms. The van der Waals surface area contributed by atoms with Gasteiger partial charge in [-0.25, -0.2) is 0 Å². The summed E-state index contributed by atoms with van der Waals surface area (Å²) in [5.41, 5.74) is 3.16. The first-order valence-electron chi connectivity index (χ1n) is 6.56. The van der Waals surface area contributed by atoms with E-state index in [9.17, 15) is 4.79 Å². The molecule has 0 saturated heterocycles. The lowest BCUT2D eigenvalue weighted by molar-refractivity contribution is -0.117. The second kappa shape index (κ2) is 5.79. The SMILES string of the molecule is CC(=O)C[C@@H](C=C(C)C)c1ccc2ccccc2n1. The van der Waals surface area contributed by atoms with E-state index in [-0.39, 0.29) is 11.7 Å². The van der Waals surface area contributed by atoms with E-state index >= 15 is 0 Å². The monoisotopic (exact) mass is 253 g/mol. The second-order valence-electron chi connectivity index (χ2n) is 5.19. The Morgan fingerprint density at radius 2 is 1.89 bits per heavy atom. The maximum Gasteiger partial charge on any atom is 0.130 e. The molecule has 1 aromatic heterocycles. The topological polar surface area (TPSA) is 30.0 Å². The molecule has 0 unspecified atom stereocenters. The number of hydrogen-bond donors (Lipinski definition) is 0. The van der Waals surface area contributed by atoms with Gasteiger partial charge in [-0.1, -0.05) is 35.9 Å². The number of rotatable bonds is 4. The highest BCUT2D eigenvalue weighted by Crippen LogP contribution is 2.23. The van der Waals surface area contributed by atoms with Gasteiger partial charge in [-0.2, -0.15) is 0 Å². The Hall–Kier alpha value is -1.96. The molecule has 0 aliphatic rings. The lowest BCUT2D eigenvalue weighted by atomic mass is 9.96.